The van der Waals surface area contributed by atoms with Crippen molar-refractivity contribution in [1.29, 1.82) is 0 Å². The topological polar surface area (TPSA) is 81.9 Å². The van der Waals surface area contributed by atoms with Gasteiger partial charge in [0.25, 0.3) is 5.91 Å². The SMILES string of the molecule is Cc1cc(Oc2ncccn2)ccc1NC(=O)c1c(C)nn(Cc2ccccc2)c1C. The van der Waals surface area contributed by atoms with Gasteiger partial charge >= 0.3 is 6.01 Å². The van der Waals surface area contributed by atoms with Gasteiger partial charge in [-0.15, -0.1) is 0 Å². The van der Waals surface area contributed by atoms with Gasteiger partial charge in [0, 0.05) is 23.8 Å². The fraction of sp³-hybridized carbons (Fsp3) is 0.167. The molecule has 0 saturated carbocycles. The Morgan fingerprint density at radius 3 is 2.45 bits per heavy atom. The molecule has 7 heteroatoms. The molecule has 156 valence electrons. The van der Waals surface area contributed by atoms with Crippen LogP contribution in [0.1, 0.15) is 32.9 Å². The highest BCUT2D eigenvalue weighted by Gasteiger charge is 2.19. The summed E-state index contributed by atoms with van der Waals surface area (Å²) < 4.78 is 7.52. The monoisotopic (exact) mass is 413 g/mol. The first-order valence-corrected chi connectivity index (χ1v) is 9.96. The molecule has 4 rings (SSSR count). The summed E-state index contributed by atoms with van der Waals surface area (Å²) in [5, 5.41) is 7.57. The number of hydrogen-bond donors (Lipinski definition) is 1. The van der Waals surface area contributed by atoms with Gasteiger partial charge in [-0.3, -0.25) is 9.48 Å². The van der Waals surface area contributed by atoms with Gasteiger partial charge in [0.1, 0.15) is 5.75 Å². The molecule has 1 amide bonds. The van der Waals surface area contributed by atoms with Gasteiger partial charge in [0.2, 0.25) is 0 Å². The van der Waals surface area contributed by atoms with E-state index in [0.717, 1.165) is 16.8 Å². The number of carbonyl (C=O) groups excluding carboxylic acids is 1. The molecule has 2 aromatic heterocycles. The molecule has 2 aromatic carbocycles. The van der Waals surface area contributed by atoms with Crippen molar-refractivity contribution >= 4 is 11.6 Å². The Labute approximate surface area is 180 Å². The second-order valence-corrected chi connectivity index (χ2v) is 7.25. The minimum absolute atomic E-state index is 0.183. The highest BCUT2D eigenvalue weighted by molar-refractivity contribution is 6.06. The van der Waals surface area contributed by atoms with E-state index in [4.69, 9.17) is 4.74 Å². The van der Waals surface area contributed by atoms with E-state index in [-0.39, 0.29) is 11.9 Å². The zero-order chi connectivity index (χ0) is 21.8. The number of hydrogen-bond acceptors (Lipinski definition) is 5. The van der Waals surface area contributed by atoms with Crippen LogP contribution in [0.3, 0.4) is 0 Å². The summed E-state index contributed by atoms with van der Waals surface area (Å²) in [6.45, 7) is 6.30. The molecule has 0 spiro atoms. The molecule has 0 radical (unpaired) electrons. The first-order valence-electron chi connectivity index (χ1n) is 9.96. The Hall–Kier alpha value is -4.00. The van der Waals surface area contributed by atoms with Crippen molar-refractivity contribution in [3.8, 4) is 11.8 Å². The third-order valence-electron chi connectivity index (χ3n) is 4.98. The highest BCUT2D eigenvalue weighted by atomic mass is 16.5. The summed E-state index contributed by atoms with van der Waals surface area (Å²) >= 11 is 0. The van der Waals surface area contributed by atoms with Gasteiger partial charge in [0.15, 0.2) is 0 Å². The van der Waals surface area contributed by atoms with Gasteiger partial charge in [-0.25, -0.2) is 9.97 Å². The number of nitrogens with one attached hydrogen (secondary N) is 1. The Morgan fingerprint density at radius 2 is 1.74 bits per heavy atom. The normalized spacial score (nSPS) is 10.7. The van der Waals surface area contributed by atoms with Crippen LogP contribution in [0.25, 0.3) is 0 Å². The Balaban J connectivity index is 1.50. The molecule has 0 aliphatic heterocycles. The van der Waals surface area contributed by atoms with Gasteiger partial charge < -0.3 is 10.1 Å². The van der Waals surface area contributed by atoms with Crippen LogP contribution in [-0.4, -0.2) is 25.7 Å². The summed E-state index contributed by atoms with van der Waals surface area (Å²) in [5.41, 5.74) is 4.83. The summed E-state index contributed by atoms with van der Waals surface area (Å²) in [6, 6.07) is 17.5. The van der Waals surface area contributed by atoms with Crippen LogP contribution in [0.2, 0.25) is 0 Å². The third kappa shape index (κ3) is 4.61. The lowest BCUT2D eigenvalue weighted by Gasteiger charge is -2.11. The van der Waals surface area contributed by atoms with E-state index in [1.165, 1.54) is 0 Å². The quantitative estimate of drug-likeness (QED) is 0.496. The van der Waals surface area contributed by atoms with E-state index >= 15 is 0 Å². The lowest BCUT2D eigenvalue weighted by Crippen LogP contribution is -2.15. The first kappa shape index (κ1) is 20.3. The van der Waals surface area contributed by atoms with Crippen molar-refractivity contribution in [3.63, 3.8) is 0 Å². The fourth-order valence-corrected chi connectivity index (χ4v) is 3.40. The molecule has 4 aromatic rings. The van der Waals surface area contributed by atoms with Gasteiger partial charge in [-0.1, -0.05) is 30.3 Å². The van der Waals surface area contributed by atoms with E-state index in [0.29, 0.717) is 29.2 Å². The minimum atomic E-state index is -0.183. The standard InChI is InChI=1S/C24H23N5O2/c1-16-14-20(31-24-25-12-7-13-26-24)10-11-21(16)27-23(30)22-17(2)28-29(18(22)3)15-19-8-5-4-6-9-19/h4-14H,15H2,1-3H3,(H,27,30). The Bertz CT molecular complexity index is 1200. The predicted octanol–water partition coefficient (Wildman–Crippen LogP) is 4.69. The van der Waals surface area contributed by atoms with Crippen LogP contribution in [0.5, 0.6) is 11.8 Å². The number of rotatable bonds is 6. The maximum absolute atomic E-state index is 13.0. The van der Waals surface area contributed by atoms with E-state index < -0.39 is 0 Å². The van der Waals surface area contributed by atoms with Crippen molar-refractivity contribution in [2.24, 2.45) is 0 Å². The van der Waals surface area contributed by atoms with Crippen molar-refractivity contribution < 1.29 is 9.53 Å². The molecule has 0 aliphatic rings. The molecule has 0 unspecified atom stereocenters. The molecule has 1 N–H and O–H groups in total. The van der Waals surface area contributed by atoms with Crippen LogP contribution in [0, 0.1) is 20.8 Å². The number of aromatic nitrogens is 4. The van der Waals surface area contributed by atoms with Crippen molar-refractivity contribution in [2.75, 3.05) is 5.32 Å². The maximum Gasteiger partial charge on any atom is 0.321 e. The lowest BCUT2D eigenvalue weighted by molar-refractivity contribution is 0.102. The van der Waals surface area contributed by atoms with Crippen LogP contribution in [-0.2, 0) is 6.54 Å². The maximum atomic E-state index is 13.0. The zero-order valence-corrected chi connectivity index (χ0v) is 17.7. The molecule has 31 heavy (non-hydrogen) atoms. The highest BCUT2D eigenvalue weighted by Crippen LogP contribution is 2.25. The molecule has 0 bridgehead atoms. The summed E-state index contributed by atoms with van der Waals surface area (Å²) in [4.78, 5) is 21.1. The molecule has 0 aliphatic carbocycles. The second kappa shape index (κ2) is 8.79. The molecule has 0 saturated heterocycles. The van der Waals surface area contributed by atoms with E-state index in [1.807, 2.05) is 67.9 Å². The average Bonchev–Trinajstić information content (AvgIpc) is 3.04. The van der Waals surface area contributed by atoms with Crippen LogP contribution in [0.15, 0.2) is 67.0 Å². The molecule has 2 heterocycles. The number of aryl methyl sites for hydroxylation is 2. The third-order valence-corrected chi connectivity index (χ3v) is 4.98. The van der Waals surface area contributed by atoms with E-state index in [2.05, 4.69) is 20.4 Å². The average molecular weight is 413 g/mol. The molecule has 0 atom stereocenters. The summed E-state index contributed by atoms with van der Waals surface area (Å²) in [5.74, 6) is 0.419. The van der Waals surface area contributed by atoms with Crippen LogP contribution < -0.4 is 10.1 Å². The van der Waals surface area contributed by atoms with Crippen molar-refractivity contribution in [1.82, 2.24) is 19.7 Å². The fourth-order valence-electron chi connectivity index (χ4n) is 3.40. The van der Waals surface area contributed by atoms with Crippen molar-refractivity contribution in [2.45, 2.75) is 27.3 Å². The second-order valence-electron chi connectivity index (χ2n) is 7.25. The Kier molecular flexibility index (Phi) is 5.75. The number of carbonyl (C=O) groups is 1. The number of benzene rings is 2. The minimum Gasteiger partial charge on any atom is -0.424 e. The first-order chi connectivity index (χ1) is 15.0. The number of nitrogens with zero attached hydrogens (tertiary/aromatic N) is 4. The molecule has 7 nitrogen and oxygen atoms in total. The predicted molar refractivity (Wildman–Crippen MR) is 118 cm³/mol. The van der Waals surface area contributed by atoms with Crippen LogP contribution >= 0.6 is 0 Å². The molecular weight excluding hydrogens is 390 g/mol. The van der Waals surface area contributed by atoms with Crippen LogP contribution in [0.4, 0.5) is 5.69 Å². The number of anilines is 1. The molecule has 0 fully saturated rings. The molecular formula is C24H23N5O2. The van der Waals surface area contributed by atoms with Gasteiger partial charge in [-0.05, 0) is 56.2 Å². The zero-order valence-electron chi connectivity index (χ0n) is 17.7. The Morgan fingerprint density at radius 1 is 1.00 bits per heavy atom. The van der Waals surface area contributed by atoms with Gasteiger partial charge in [-0.2, -0.15) is 5.10 Å². The lowest BCUT2D eigenvalue weighted by atomic mass is 10.1. The largest absolute Gasteiger partial charge is 0.424 e. The smallest absolute Gasteiger partial charge is 0.321 e. The summed E-state index contributed by atoms with van der Waals surface area (Å²) in [7, 11) is 0. The number of ether oxygens (including phenoxy) is 1. The summed E-state index contributed by atoms with van der Waals surface area (Å²) in [6.07, 6.45) is 3.23. The van der Waals surface area contributed by atoms with E-state index in [9.17, 15) is 4.79 Å². The van der Waals surface area contributed by atoms with E-state index in [1.54, 1.807) is 24.5 Å². The number of amides is 1. The van der Waals surface area contributed by atoms with Crippen molar-refractivity contribution in [3.05, 3.63) is 95.1 Å². The van der Waals surface area contributed by atoms with Gasteiger partial charge in [0.05, 0.1) is 17.8 Å².